The fraction of sp³-hybridized carbons (Fsp3) is 0.667. The molecule has 1 unspecified atom stereocenters. The average molecular weight is 210 g/mol. The van der Waals surface area contributed by atoms with Crippen molar-refractivity contribution in [2.24, 2.45) is 0 Å². The summed E-state index contributed by atoms with van der Waals surface area (Å²) in [5.74, 6) is 0. The Morgan fingerprint density at radius 1 is 1.47 bits per heavy atom. The zero-order valence-electron chi connectivity index (χ0n) is 9.74. The van der Waals surface area contributed by atoms with Gasteiger partial charge < -0.3 is 15.0 Å². The highest BCUT2D eigenvalue weighted by molar-refractivity contribution is 5.06. The first kappa shape index (κ1) is 12.3. The van der Waals surface area contributed by atoms with Crippen LogP contribution in [0.15, 0.2) is 18.3 Å². The molecular formula is C12H22N2O. The van der Waals surface area contributed by atoms with Gasteiger partial charge in [0.15, 0.2) is 0 Å². The maximum atomic E-state index is 9.37. The molecule has 2 N–H and O–H groups in total. The zero-order valence-corrected chi connectivity index (χ0v) is 9.74. The topological polar surface area (TPSA) is 37.2 Å². The molecule has 15 heavy (non-hydrogen) atoms. The Morgan fingerprint density at radius 2 is 2.27 bits per heavy atom. The first-order valence-electron chi connectivity index (χ1n) is 5.80. The second-order valence-electron chi connectivity index (χ2n) is 3.81. The van der Waals surface area contributed by atoms with Crippen molar-refractivity contribution in [2.75, 3.05) is 6.54 Å². The number of aromatic nitrogens is 1. The van der Waals surface area contributed by atoms with Crippen molar-refractivity contribution in [2.45, 2.75) is 45.9 Å². The van der Waals surface area contributed by atoms with Gasteiger partial charge in [0.05, 0.1) is 6.10 Å². The van der Waals surface area contributed by atoms with E-state index < -0.39 is 0 Å². The lowest BCUT2D eigenvalue weighted by atomic mass is 10.2. The van der Waals surface area contributed by atoms with Gasteiger partial charge >= 0.3 is 0 Å². The lowest BCUT2D eigenvalue weighted by Crippen LogP contribution is -2.21. The summed E-state index contributed by atoms with van der Waals surface area (Å²) in [7, 11) is 0. The van der Waals surface area contributed by atoms with Crippen molar-refractivity contribution >= 4 is 0 Å². The highest BCUT2D eigenvalue weighted by Crippen LogP contribution is 2.02. The molecule has 1 rings (SSSR count). The minimum absolute atomic E-state index is 0.157. The molecule has 0 aliphatic carbocycles. The van der Waals surface area contributed by atoms with E-state index in [4.69, 9.17) is 0 Å². The summed E-state index contributed by atoms with van der Waals surface area (Å²) in [4.78, 5) is 0. The Kier molecular flexibility index (Phi) is 5.43. The molecule has 0 saturated carbocycles. The Hall–Kier alpha value is -0.800. The van der Waals surface area contributed by atoms with Crippen LogP contribution in [-0.4, -0.2) is 22.3 Å². The average Bonchev–Trinajstić information content (AvgIpc) is 2.71. The summed E-state index contributed by atoms with van der Waals surface area (Å²) in [6, 6.07) is 4.20. The Balaban J connectivity index is 2.20. The van der Waals surface area contributed by atoms with E-state index in [-0.39, 0.29) is 6.10 Å². The molecule has 1 atom stereocenters. The van der Waals surface area contributed by atoms with E-state index in [1.54, 1.807) is 0 Å². The monoisotopic (exact) mass is 210 g/mol. The number of hydrogen-bond donors (Lipinski definition) is 2. The van der Waals surface area contributed by atoms with E-state index in [0.717, 1.165) is 32.5 Å². The molecule has 0 radical (unpaired) electrons. The van der Waals surface area contributed by atoms with Crippen LogP contribution in [0.5, 0.6) is 0 Å². The number of hydrogen-bond acceptors (Lipinski definition) is 2. The van der Waals surface area contributed by atoms with Crippen LogP contribution in [0.1, 0.15) is 32.4 Å². The third-order valence-electron chi connectivity index (χ3n) is 2.70. The van der Waals surface area contributed by atoms with E-state index in [2.05, 4.69) is 35.1 Å². The first-order chi connectivity index (χ1) is 7.27. The summed E-state index contributed by atoms with van der Waals surface area (Å²) in [5.41, 5.74) is 1.31. The summed E-state index contributed by atoms with van der Waals surface area (Å²) in [5, 5.41) is 12.7. The fourth-order valence-corrected chi connectivity index (χ4v) is 1.61. The lowest BCUT2D eigenvalue weighted by molar-refractivity contribution is 0.159. The minimum atomic E-state index is -0.157. The second-order valence-corrected chi connectivity index (χ2v) is 3.81. The van der Waals surface area contributed by atoms with Crippen LogP contribution in [0.4, 0.5) is 0 Å². The summed E-state index contributed by atoms with van der Waals surface area (Å²) >= 11 is 0. The molecule has 0 aliphatic rings. The number of rotatable bonds is 7. The Bertz CT molecular complexity index is 270. The van der Waals surface area contributed by atoms with Gasteiger partial charge in [0.1, 0.15) is 0 Å². The molecule has 3 heteroatoms. The summed E-state index contributed by atoms with van der Waals surface area (Å²) in [6.45, 7) is 6.93. The number of nitrogens with one attached hydrogen (secondary N) is 1. The minimum Gasteiger partial charge on any atom is -0.393 e. The van der Waals surface area contributed by atoms with Crippen molar-refractivity contribution < 1.29 is 5.11 Å². The molecule has 0 spiro atoms. The standard InChI is InChI=1S/C12H22N2O/c1-3-12(15)7-8-13-10-11-6-5-9-14(11)4-2/h5-6,9,12-13,15H,3-4,7-8,10H2,1-2H3. The molecule has 0 aliphatic heterocycles. The van der Waals surface area contributed by atoms with Crippen LogP contribution >= 0.6 is 0 Å². The van der Waals surface area contributed by atoms with Gasteiger partial charge in [-0.25, -0.2) is 0 Å². The largest absolute Gasteiger partial charge is 0.393 e. The number of aliphatic hydroxyl groups excluding tert-OH is 1. The fourth-order valence-electron chi connectivity index (χ4n) is 1.61. The van der Waals surface area contributed by atoms with Crippen molar-refractivity contribution in [1.82, 2.24) is 9.88 Å². The van der Waals surface area contributed by atoms with Gasteiger partial charge in [-0.2, -0.15) is 0 Å². The Morgan fingerprint density at radius 3 is 2.93 bits per heavy atom. The van der Waals surface area contributed by atoms with Crippen molar-refractivity contribution in [1.29, 1.82) is 0 Å². The van der Waals surface area contributed by atoms with Crippen molar-refractivity contribution in [3.8, 4) is 0 Å². The van der Waals surface area contributed by atoms with Gasteiger partial charge in [0.2, 0.25) is 0 Å². The Labute approximate surface area is 92.1 Å². The number of aryl methyl sites for hydroxylation is 1. The second kappa shape index (κ2) is 6.64. The van der Waals surface area contributed by atoms with Gasteiger partial charge in [-0.05, 0) is 38.4 Å². The van der Waals surface area contributed by atoms with Gasteiger partial charge in [0.25, 0.3) is 0 Å². The van der Waals surface area contributed by atoms with E-state index in [9.17, 15) is 5.11 Å². The molecule has 0 bridgehead atoms. The lowest BCUT2D eigenvalue weighted by Gasteiger charge is -2.10. The van der Waals surface area contributed by atoms with E-state index >= 15 is 0 Å². The van der Waals surface area contributed by atoms with Crippen molar-refractivity contribution in [3.05, 3.63) is 24.0 Å². The normalized spacial score (nSPS) is 13.0. The molecule has 1 aromatic rings. The van der Waals surface area contributed by atoms with Crippen LogP contribution in [0.2, 0.25) is 0 Å². The molecule has 0 fully saturated rings. The van der Waals surface area contributed by atoms with Gasteiger partial charge in [-0.15, -0.1) is 0 Å². The van der Waals surface area contributed by atoms with E-state index in [1.165, 1.54) is 5.69 Å². The van der Waals surface area contributed by atoms with Crippen LogP contribution < -0.4 is 5.32 Å². The van der Waals surface area contributed by atoms with Gasteiger partial charge in [-0.1, -0.05) is 6.92 Å². The third kappa shape index (κ3) is 4.06. The number of aliphatic hydroxyl groups is 1. The van der Waals surface area contributed by atoms with Gasteiger partial charge in [-0.3, -0.25) is 0 Å². The summed E-state index contributed by atoms with van der Waals surface area (Å²) < 4.78 is 2.23. The van der Waals surface area contributed by atoms with Crippen LogP contribution in [0.25, 0.3) is 0 Å². The quantitative estimate of drug-likeness (QED) is 0.673. The van der Waals surface area contributed by atoms with E-state index in [0.29, 0.717) is 0 Å². The van der Waals surface area contributed by atoms with Crippen LogP contribution in [0.3, 0.4) is 0 Å². The highest BCUT2D eigenvalue weighted by atomic mass is 16.3. The molecule has 0 amide bonds. The molecule has 0 saturated heterocycles. The molecule has 86 valence electrons. The maximum absolute atomic E-state index is 9.37. The van der Waals surface area contributed by atoms with Crippen LogP contribution in [0, 0.1) is 0 Å². The molecule has 1 heterocycles. The third-order valence-corrected chi connectivity index (χ3v) is 2.70. The predicted octanol–water partition coefficient (Wildman–Crippen LogP) is 1.76. The molecule has 0 aromatic carbocycles. The zero-order chi connectivity index (χ0) is 11.1. The molecular weight excluding hydrogens is 188 g/mol. The smallest absolute Gasteiger partial charge is 0.0549 e. The predicted molar refractivity (Wildman–Crippen MR) is 62.7 cm³/mol. The number of nitrogens with zero attached hydrogens (tertiary/aromatic N) is 1. The van der Waals surface area contributed by atoms with Crippen LogP contribution in [-0.2, 0) is 13.1 Å². The van der Waals surface area contributed by atoms with Gasteiger partial charge in [0, 0.05) is 25.0 Å². The van der Waals surface area contributed by atoms with E-state index in [1.807, 2.05) is 6.92 Å². The maximum Gasteiger partial charge on any atom is 0.0549 e. The molecule has 3 nitrogen and oxygen atoms in total. The van der Waals surface area contributed by atoms with Crippen molar-refractivity contribution in [3.63, 3.8) is 0 Å². The highest BCUT2D eigenvalue weighted by Gasteiger charge is 2.01. The molecule has 1 aromatic heterocycles. The SMILES string of the molecule is CCC(O)CCNCc1cccn1CC. The summed E-state index contributed by atoms with van der Waals surface area (Å²) in [6.07, 6.45) is 3.62. The first-order valence-corrected chi connectivity index (χ1v) is 5.80.